The average molecular weight is 512 g/mol. The number of fused-ring (bicyclic) bond motifs is 1. The minimum Gasteiger partial charge on any atom is -0.457 e. The molecule has 9 nitrogen and oxygen atoms in total. The lowest BCUT2D eigenvalue weighted by Crippen LogP contribution is -2.28. The van der Waals surface area contributed by atoms with Gasteiger partial charge < -0.3 is 20.3 Å². The summed E-state index contributed by atoms with van der Waals surface area (Å²) in [5, 5.41) is 5.66. The third-order valence-electron chi connectivity index (χ3n) is 6.96. The number of ether oxygens (including phenoxy) is 1. The molecule has 2 aromatic carbocycles. The molecule has 0 aliphatic carbocycles. The summed E-state index contributed by atoms with van der Waals surface area (Å²) in [4.78, 5) is 25.7. The molecular weight excluding hydrogens is 478 g/mol. The van der Waals surface area contributed by atoms with Gasteiger partial charge in [0, 0.05) is 31.3 Å². The zero-order chi connectivity index (χ0) is 26.5. The van der Waals surface area contributed by atoms with Crippen molar-refractivity contribution in [1.82, 2.24) is 29.5 Å². The number of amides is 1. The van der Waals surface area contributed by atoms with Gasteiger partial charge in [0.15, 0.2) is 5.65 Å². The Hall–Kier alpha value is -4.24. The Morgan fingerprint density at radius 3 is 2.55 bits per heavy atom. The number of carbonyl (C=O) groups is 1. The Morgan fingerprint density at radius 2 is 1.82 bits per heavy atom. The topological polar surface area (TPSA) is 102 Å². The summed E-state index contributed by atoms with van der Waals surface area (Å²) in [6.45, 7) is 8.17. The van der Waals surface area contributed by atoms with Crippen molar-refractivity contribution in [3.05, 3.63) is 73.1 Å². The fourth-order valence-corrected chi connectivity index (χ4v) is 4.79. The highest BCUT2D eigenvalue weighted by Crippen LogP contribution is 2.35. The van der Waals surface area contributed by atoms with Crippen LogP contribution in [0.2, 0.25) is 0 Å². The number of rotatable bonds is 9. The molecule has 4 aromatic rings. The Balaban J connectivity index is 1.36. The summed E-state index contributed by atoms with van der Waals surface area (Å²) in [5.41, 5.74) is 8.59. The summed E-state index contributed by atoms with van der Waals surface area (Å²) >= 11 is 0. The Kier molecular flexibility index (Phi) is 7.65. The van der Waals surface area contributed by atoms with Gasteiger partial charge in [-0.25, -0.2) is 14.6 Å². The smallest absolute Gasteiger partial charge is 0.246 e. The molecule has 9 heteroatoms. The molecule has 2 N–H and O–H groups in total. The number of likely N-dealkylation sites (N-methyl/N-ethyl adjacent to an activating group) is 1. The first-order valence-electron chi connectivity index (χ1n) is 13.1. The largest absolute Gasteiger partial charge is 0.457 e. The van der Waals surface area contributed by atoms with Crippen LogP contribution in [-0.2, 0) is 4.79 Å². The zero-order valence-electron chi connectivity index (χ0n) is 21.8. The SMILES string of the molecule is CCN(CC)C/C=C/C(=O)N1CCC(n2nc(-c3ccc(Oc4ccccc4)cc3)c3c(N)ncnc32)C1. The van der Waals surface area contributed by atoms with E-state index in [1.807, 2.05) is 70.3 Å². The molecule has 38 heavy (non-hydrogen) atoms. The monoisotopic (exact) mass is 511 g/mol. The number of carbonyl (C=O) groups excluding carboxylic acids is 1. The van der Waals surface area contributed by atoms with E-state index < -0.39 is 0 Å². The van der Waals surface area contributed by atoms with Crippen LogP contribution < -0.4 is 10.5 Å². The molecule has 1 aliphatic rings. The fourth-order valence-electron chi connectivity index (χ4n) is 4.79. The first-order valence-corrected chi connectivity index (χ1v) is 13.1. The highest BCUT2D eigenvalue weighted by molar-refractivity contribution is 5.98. The highest BCUT2D eigenvalue weighted by Gasteiger charge is 2.30. The zero-order valence-corrected chi connectivity index (χ0v) is 21.8. The van der Waals surface area contributed by atoms with Crippen molar-refractivity contribution >= 4 is 22.8 Å². The van der Waals surface area contributed by atoms with Crippen molar-refractivity contribution in [2.24, 2.45) is 0 Å². The molecule has 5 rings (SSSR count). The van der Waals surface area contributed by atoms with E-state index in [4.69, 9.17) is 15.6 Å². The first-order chi connectivity index (χ1) is 18.6. The lowest BCUT2D eigenvalue weighted by molar-refractivity contribution is -0.125. The highest BCUT2D eigenvalue weighted by atomic mass is 16.5. The van der Waals surface area contributed by atoms with Crippen molar-refractivity contribution in [3.63, 3.8) is 0 Å². The minimum atomic E-state index is 0.00127. The van der Waals surface area contributed by atoms with Crippen molar-refractivity contribution in [2.75, 3.05) is 38.5 Å². The summed E-state index contributed by atoms with van der Waals surface area (Å²) in [7, 11) is 0. The fraction of sp³-hybridized carbons (Fsp3) is 0.310. The minimum absolute atomic E-state index is 0.00127. The van der Waals surface area contributed by atoms with Gasteiger partial charge in [0.2, 0.25) is 5.91 Å². The van der Waals surface area contributed by atoms with Gasteiger partial charge in [-0.15, -0.1) is 0 Å². The Bertz CT molecular complexity index is 1410. The molecule has 1 atom stereocenters. The van der Waals surface area contributed by atoms with Crippen molar-refractivity contribution in [3.8, 4) is 22.8 Å². The van der Waals surface area contributed by atoms with Crippen LogP contribution in [0.1, 0.15) is 26.3 Å². The molecule has 1 fully saturated rings. The third-order valence-corrected chi connectivity index (χ3v) is 6.96. The molecule has 0 spiro atoms. The number of aromatic nitrogens is 4. The second-order valence-electron chi connectivity index (χ2n) is 9.31. The standard InChI is InChI=1S/C29H33N7O2/c1-3-34(4-2)17-8-11-25(37)35-18-16-22(19-35)36-29-26(28(30)31-20-32-29)27(33-36)21-12-14-24(15-13-21)38-23-9-6-5-7-10-23/h5-15,20,22H,3-4,16-19H2,1-2H3,(H2,30,31,32)/b11-8+. The van der Waals surface area contributed by atoms with E-state index in [2.05, 4.69) is 28.7 Å². The molecule has 1 amide bonds. The van der Waals surface area contributed by atoms with Gasteiger partial charge in [-0.1, -0.05) is 38.1 Å². The van der Waals surface area contributed by atoms with E-state index in [9.17, 15) is 4.79 Å². The van der Waals surface area contributed by atoms with E-state index >= 15 is 0 Å². The van der Waals surface area contributed by atoms with E-state index in [1.54, 1.807) is 6.08 Å². The normalized spacial score (nSPS) is 15.7. The number of nitrogen functional groups attached to an aromatic ring is 1. The number of hydrogen-bond acceptors (Lipinski definition) is 7. The predicted molar refractivity (Wildman–Crippen MR) is 149 cm³/mol. The van der Waals surface area contributed by atoms with Crippen LogP contribution in [0.4, 0.5) is 5.82 Å². The Morgan fingerprint density at radius 1 is 1.08 bits per heavy atom. The second kappa shape index (κ2) is 11.4. The number of nitrogens with two attached hydrogens (primary N) is 1. The van der Waals surface area contributed by atoms with Crippen molar-refractivity contribution < 1.29 is 9.53 Å². The molecule has 3 heterocycles. The summed E-state index contributed by atoms with van der Waals surface area (Å²) in [6, 6.07) is 17.4. The number of para-hydroxylation sites is 1. The van der Waals surface area contributed by atoms with Crippen LogP contribution in [-0.4, -0.2) is 68.2 Å². The molecule has 196 valence electrons. The molecule has 1 saturated heterocycles. The summed E-state index contributed by atoms with van der Waals surface area (Å²) in [6.07, 6.45) is 5.89. The lowest BCUT2D eigenvalue weighted by atomic mass is 10.1. The first kappa shape index (κ1) is 25.4. The maximum atomic E-state index is 12.8. The third kappa shape index (κ3) is 5.38. The van der Waals surface area contributed by atoms with E-state index in [-0.39, 0.29) is 11.9 Å². The van der Waals surface area contributed by atoms with Gasteiger partial charge in [0.05, 0.1) is 11.4 Å². The molecule has 2 aromatic heterocycles. The number of hydrogen-bond donors (Lipinski definition) is 1. The van der Waals surface area contributed by atoms with Crippen LogP contribution in [0, 0.1) is 0 Å². The molecule has 1 unspecified atom stereocenters. The molecule has 1 aliphatic heterocycles. The van der Waals surface area contributed by atoms with Crippen LogP contribution in [0.5, 0.6) is 11.5 Å². The van der Waals surface area contributed by atoms with E-state index in [0.717, 1.165) is 43.1 Å². The maximum absolute atomic E-state index is 12.8. The molecule has 0 saturated carbocycles. The quantitative estimate of drug-likeness (QED) is 0.329. The van der Waals surface area contributed by atoms with Crippen LogP contribution in [0.15, 0.2) is 73.1 Å². The Labute approximate surface area is 222 Å². The summed E-state index contributed by atoms with van der Waals surface area (Å²) < 4.78 is 7.84. The molecule has 0 radical (unpaired) electrons. The predicted octanol–water partition coefficient (Wildman–Crippen LogP) is 4.54. The van der Waals surface area contributed by atoms with Gasteiger partial charge in [-0.05, 0) is 55.9 Å². The lowest BCUT2D eigenvalue weighted by Gasteiger charge is -2.16. The van der Waals surface area contributed by atoms with Gasteiger partial charge in [0.1, 0.15) is 29.3 Å². The molecule has 0 bridgehead atoms. The van der Waals surface area contributed by atoms with Gasteiger partial charge >= 0.3 is 0 Å². The number of benzene rings is 2. The second-order valence-corrected chi connectivity index (χ2v) is 9.31. The van der Waals surface area contributed by atoms with Crippen LogP contribution in [0.3, 0.4) is 0 Å². The maximum Gasteiger partial charge on any atom is 0.246 e. The van der Waals surface area contributed by atoms with Gasteiger partial charge in [0.25, 0.3) is 0 Å². The number of anilines is 1. The average Bonchev–Trinajstić information content (AvgIpc) is 3.58. The van der Waals surface area contributed by atoms with Gasteiger partial charge in [-0.3, -0.25) is 4.79 Å². The van der Waals surface area contributed by atoms with E-state index in [1.165, 1.54) is 6.33 Å². The van der Waals surface area contributed by atoms with Crippen molar-refractivity contribution in [2.45, 2.75) is 26.3 Å². The number of nitrogens with zero attached hydrogens (tertiary/aromatic N) is 6. The van der Waals surface area contributed by atoms with Gasteiger partial charge in [-0.2, -0.15) is 5.10 Å². The van der Waals surface area contributed by atoms with Crippen LogP contribution >= 0.6 is 0 Å². The van der Waals surface area contributed by atoms with E-state index in [0.29, 0.717) is 35.6 Å². The van der Waals surface area contributed by atoms with Crippen LogP contribution in [0.25, 0.3) is 22.3 Å². The van der Waals surface area contributed by atoms with Crippen molar-refractivity contribution in [1.29, 1.82) is 0 Å². The molecular formula is C29H33N7O2. The number of likely N-dealkylation sites (tertiary alicyclic amines) is 1. The summed E-state index contributed by atoms with van der Waals surface area (Å²) in [5.74, 6) is 1.91.